The van der Waals surface area contributed by atoms with Gasteiger partial charge in [0.15, 0.2) is 0 Å². The number of hydrogen-bond acceptors (Lipinski definition) is 2. The van der Waals surface area contributed by atoms with E-state index in [0.717, 1.165) is 25.3 Å². The van der Waals surface area contributed by atoms with E-state index in [4.69, 9.17) is 0 Å². The summed E-state index contributed by atoms with van der Waals surface area (Å²) in [7, 11) is 0. The molecule has 100 valence electrons. The van der Waals surface area contributed by atoms with Crippen molar-refractivity contribution < 1.29 is 5.11 Å². The van der Waals surface area contributed by atoms with Gasteiger partial charge in [-0.2, -0.15) is 0 Å². The Morgan fingerprint density at radius 2 is 1.76 bits per heavy atom. The molecule has 2 saturated carbocycles. The van der Waals surface area contributed by atoms with Crippen molar-refractivity contribution in [2.45, 2.75) is 82.8 Å². The molecule has 0 radical (unpaired) electrons. The van der Waals surface area contributed by atoms with Crippen LogP contribution in [0.25, 0.3) is 0 Å². The van der Waals surface area contributed by atoms with Crippen LogP contribution in [-0.4, -0.2) is 23.3 Å². The van der Waals surface area contributed by atoms with Gasteiger partial charge < -0.3 is 10.4 Å². The van der Waals surface area contributed by atoms with Crippen LogP contribution in [0.3, 0.4) is 0 Å². The van der Waals surface area contributed by atoms with Gasteiger partial charge in [-0.25, -0.2) is 0 Å². The Kier molecular flexibility index (Phi) is 4.87. The van der Waals surface area contributed by atoms with Crippen molar-refractivity contribution in [3.05, 3.63) is 0 Å². The largest absolute Gasteiger partial charge is 0.389 e. The summed E-state index contributed by atoms with van der Waals surface area (Å²) in [6, 6.07) is 0.674. The van der Waals surface area contributed by atoms with Crippen LogP contribution in [-0.2, 0) is 0 Å². The molecule has 2 rings (SSSR count). The Morgan fingerprint density at radius 1 is 1.12 bits per heavy atom. The molecule has 0 saturated heterocycles. The molecule has 2 heteroatoms. The molecular formula is C15H29NO. The van der Waals surface area contributed by atoms with E-state index in [2.05, 4.69) is 12.2 Å². The van der Waals surface area contributed by atoms with Crippen molar-refractivity contribution in [2.75, 3.05) is 6.54 Å². The maximum absolute atomic E-state index is 10.3. The molecular weight excluding hydrogens is 210 g/mol. The quantitative estimate of drug-likeness (QED) is 0.772. The zero-order valence-electron chi connectivity index (χ0n) is 11.4. The van der Waals surface area contributed by atoms with Gasteiger partial charge in [-0.15, -0.1) is 0 Å². The summed E-state index contributed by atoms with van der Waals surface area (Å²) in [5, 5.41) is 13.9. The molecule has 0 atom stereocenters. The van der Waals surface area contributed by atoms with E-state index >= 15 is 0 Å². The van der Waals surface area contributed by atoms with Crippen LogP contribution >= 0.6 is 0 Å². The maximum Gasteiger partial charge on any atom is 0.0771 e. The van der Waals surface area contributed by atoms with E-state index in [1.165, 1.54) is 51.4 Å². The van der Waals surface area contributed by atoms with E-state index < -0.39 is 0 Å². The van der Waals surface area contributed by atoms with E-state index in [0.29, 0.717) is 6.04 Å². The number of nitrogens with one attached hydrogen (secondary N) is 1. The van der Waals surface area contributed by atoms with Crippen molar-refractivity contribution in [3.8, 4) is 0 Å². The van der Waals surface area contributed by atoms with Crippen molar-refractivity contribution >= 4 is 0 Å². The highest BCUT2D eigenvalue weighted by Crippen LogP contribution is 2.31. The van der Waals surface area contributed by atoms with Crippen molar-refractivity contribution in [1.29, 1.82) is 0 Å². The first-order valence-electron chi connectivity index (χ1n) is 7.67. The van der Waals surface area contributed by atoms with Crippen LogP contribution in [0.1, 0.15) is 71.1 Å². The molecule has 0 aliphatic heterocycles. The summed E-state index contributed by atoms with van der Waals surface area (Å²) in [6.07, 6.45) is 12.6. The third-order valence-electron chi connectivity index (χ3n) is 4.80. The Labute approximate surface area is 106 Å². The summed E-state index contributed by atoms with van der Waals surface area (Å²) in [6.45, 7) is 3.12. The molecule has 2 fully saturated rings. The monoisotopic (exact) mass is 239 g/mol. The van der Waals surface area contributed by atoms with Gasteiger partial charge in [-0.05, 0) is 44.4 Å². The minimum atomic E-state index is -0.375. The molecule has 0 aromatic carbocycles. The second kappa shape index (κ2) is 6.19. The lowest BCUT2D eigenvalue weighted by Gasteiger charge is -2.32. The predicted molar refractivity (Wildman–Crippen MR) is 72.1 cm³/mol. The molecule has 2 aliphatic carbocycles. The number of hydrogen-bond donors (Lipinski definition) is 2. The standard InChI is InChI=1S/C15H29NO/c1-2-5-13-6-8-14(9-7-13)16-12-15(17)10-3-4-11-15/h13-14,16-17H,2-12H2,1H3. The smallest absolute Gasteiger partial charge is 0.0771 e. The highest BCUT2D eigenvalue weighted by atomic mass is 16.3. The molecule has 17 heavy (non-hydrogen) atoms. The van der Waals surface area contributed by atoms with Crippen LogP contribution in [0.5, 0.6) is 0 Å². The normalized spacial score (nSPS) is 32.8. The molecule has 0 heterocycles. The Bertz CT molecular complexity index is 215. The summed E-state index contributed by atoms with van der Waals surface area (Å²) < 4.78 is 0. The van der Waals surface area contributed by atoms with Crippen molar-refractivity contribution in [3.63, 3.8) is 0 Å². The molecule has 2 aliphatic rings. The van der Waals surface area contributed by atoms with Crippen molar-refractivity contribution in [1.82, 2.24) is 5.32 Å². The van der Waals surface area contributed by atoms with Gasteiger partial charge in [0.2, 0.25) is 0 Å². The van der Waals surface area contributed by atoms with Gasteiger partial charge in [0.1, 0.15) is 0 Å². The van der Waals surface area contributed by atoms with Crippen LogP contribution < -0.4 is 5.32 Å². The van der Waals surface area contributed by atoms with E-state index in [9.17, 15) is 5.11 Å². The number of rotatable bonds is 5. The Balaban J connectivity index is 1.64. The highest BCUT2D eigenvalue weighted by molar-refractivity contribution is 4.88. The fraction of sp³-hybridized carbons (Fsp3) is 1.00. The lowest BCUT2D eigenvalue weighted by atomic mass is 9.83. The third kappa shape index (κ3) is 3.96. The summed E-state index contributed by atoms with van der Waals surface area (Å²) >= 11 is 0. The highest BCUT2D eigenvalue weighted by Gasteiger charge is 2.31. The minimum absolute atomic E-state index is 0.375. The molecule has 2 N–H and O–H groups in total. The van der Waals surface area contributed by atoms with Crippen LogP contribution in [0.4, 0.5) is 0 Å². The topological polar surface area (TPSA) is 32.3 Å². The zero-order valence-corrected chi connectivity index (χ0v) is 11.4. The average Bonchev–Trinajstić information content (AvgIpc) is 2.76. The SMILES string of the molecule is CCCC1CCC(NCC2(O)CCCC2)CC1. The molecule has 0 unspecified atom stereocenters. The fourth-order valence-electron chi connectivity index (χ4n) is 3.61. The molecule has 0 amide bonds. The Morgan fingerprint density at radius 3 is 2.35 bits per heavy atom. The molecule has 0 aromatic rings. The lowest BCUT2D eigenvalue weighted by Crippen LogP contribution is -2.44. The van der Waals surface area contributed by atoms with Gasteiger partial charge in [-0.1, -0.05) is 32.6 Å². The van der Waals surface area contributed by atoms with Gasteiger partial charge >= 0.3 is 0 Å². The zero-order chi connectivity index (χ0) is 12.1. The molecule has 0 spiro atoms. The fourth-order valence-corrected chi connectivity index (χ4v) is 3.61. The molecule has 0 aromatic heterocycles. The lowest BCUT2D eigenvalue weighted by molar-refractivity contribution is 0.0426. The van der Waals surface area contributed by atoms with Crippen molar-refractivity contribution in [2.24, 2.45) is 5.92 Å². The first-order valence-corrected chi connectivity index (χ1v) is 7.67. The summed E-state index contributed by atoms with van der Waals surface area (Å²) in [5.41, 5.74) is -0.375. The van der Waals surface area contributed by atoms with E-state index in [1.54, 1.807) is 0 Å². The van der Waals surface area contributed by atoms with Crippen LogP contribution in [0.15, 0.2) is 0 Å². The van der Waals surface area contributed by atoms with E-state index in [1.807, 2.05) is 0 Å². The van der Waals surface area contributed by atoms with Gasteiger partial charge in [0, 0.05) is 12.6 Å². The third-order valence-corrected chi connectivity index (χ3v) is 4.80. The minimum Gasteiger partial charge on any atom is -0.389 e. The van der Waals surface area contributed by atoms with Gasteiger partial charge in [0.05, 0.1) is 5.60 Å². The Hall–Kier alpha value is -0.0800. The predicted octanol–water partition coefficient (Wildman–Crippen LogP) is 3.24. The second-order valence-corrected chi connectivity index (χ2v) is 6.32. The average molecular weight is 239 g/mol. The van der Waals surface area contributed by atoms with Crippen LogP contribution in [0.2, 0.25) is 0 Å². The summed E-state index contributed by atoms with van der Waals surface area (Å²) in [4.78, 5) is 0. The maximum atomic E-state index is 10.3. The van der Waals surface area contributed by atoms with Gasteiger partial charge in [-0.3, -0.25) is 0 Å². The number of aliphatic hydroxyl groups is 1. The summed E-state index contributed by atoms with van der Waals surface area (Å²) in [5.74, 6) is 0.979. The first-order chi connectivity index (χ1) is 8.22. The molecule has 2 nitrogen and oxygen atoms in total. The van der Waals surface area contributed by atoms with Gasteiger partial charge in [0.25, 0.3) is 0 Å². The van der Waals surface area contributed by atoms with E-state index in [-0.39, 0.29) is 5.60 Å². The first kappa shape index (κ1) is 13.4. The molecule has 0 bridgehead atoms. The second-order valence-electron chi connectivity index (χ2n) is 6.32. The van der Waals surface area contributed by atoms with Crippen LogP contribution in [0, 0.1) is 5.92 Å².